The van der Waals surface area contributed by atoms with Crippen molar-refractivity contribution in [3.8, 4) is 5.75 Å². The molecule has 1 saturated heterocycles. The zero-order chi connectivity index (χ0) is 8.93. The van der Waals surface area contributed by atoms with Gasteiger partial charge in [-0.15, -0.1) is 0 Å². The monoisotopic (exact) mass is 179 g/mol. The van der Waals surface area contributed by atoms with Crippen molar-refractivity contribution in [1.82, 2.24) is 15.3 Å². The highest BCUT2D eigenvalue weighted by Crippen LogP contribution is 2.11. The van der Waals surface area contributed by atoms with Crippen LogP contribution in [0.25, 0.3) is 0 Å². The van der Waals surface area contributed by atoms with Crippen molar-refractivity contribution < 1.29 is 4.74 Å². The lowest BCUT2D eigenvalue weighted by atomic mass is 10.1. The summed E-state index contributed by atoms with van der Waals surface area (Å²) < 4.78 is 5.52. The van der Waals surface area contributed by atoms with Crippen molar-refractivity contribution in [2.75, 3.05) is 19.7 Å². The third kappa shape index (κ3) is 2.39. The summed E-state index contributed by atoms with van der Waals surface area (Å²) in [5.74, 6) is 1.40. The molecule has 1 fully saturated rings. The summed E-state index contributed by atoms with van der Waals surface area (Å²) in [6.45, 7) is 2.94. The SMILES string of the molecule is c1ncc(OC[C@H]2CCNC2)cn1. The fourth-order valence-electron chi connectivity index (χ4n) is 1.43. The number of hydrogen-bond donors (Lipinski definition) is 1. The van der Waals surface area contributed by atoms with E-state index in [4.69, 9.17) is 4.74 Å². The third-order valence-corrected chi connectivity index (χ3v) is 2.18. The summed E-state index contributed by atoms with van der Waals surface area (Å²) in [5, 5.41) is 3.30. The Balaban J connectivity index is 1.79. The minimum Gasteiger partial charge on any atom is -0.490 e. The van der Waals surface area contributed by atoms with Crippen LogP contribution in [0, 0.1) is 5.92 Å². The summed E-state index contributed by atoms with van der Waals surface area (Å²) >= 11 is 0. The van der Waals surface area contributed by atoms with Gasteiger partial charge in [0.2, 0.25) is 0 Å². The smallest absolute Gasteiger partial charge is 0.155 e. The van der Waals surface area contributed by atoms with Crippen LogP contribution in [0.1, 0.15) is 6.42 Å². The predicted octanol–water partition coefficient (Wildman–Crippen LogP) is 0.465. The van der Waals surface area contributed by atoms with E-state index in [9.17, 15) is 0 Å². The molecule has 2 heterocycles. The molecule has 4 heteroatoms. The average molecular weight is 179 g/mol. The van der Waals surface area contributed by atoms with Crippen LogP contribution in [0.15, 0.2) is 18.7 Å². The molecule has 1 N–H and O–H groups in total. The lowest BCUT2D eigenvalue weighted by molar-refractivity contribution is 0.258. The molecule has 1 aliphatic rings. The Labute approximate surface area is 77.4 Å². The highest BCUT2D eigenvalue weighted by Gasteiger charge is 2.14. The van der Waals surface area contributed by atoms with Crippen LogP contribution >= 0.6 is 0 Å². The van der Waals surface area contributed by atoms with E-state index in [0.717, 1.165) is 25.4 Å². The molecule has 2 rings (SSSR count). The first-order valence-corrected chi connectivity index (χ1v) is 4.53. The molecular formula is C9H13N3O. The van der Waals surface area contributed by atoms with Gasteiger partial charge >= 0.3 is 0 Å². The van der Waals surface area contributed by atoms with Gasteiger partial charge in [-0.3, -0.25) is 0 Å². The molecule has 0 aromatic carbocycles. The summed E-state index contributed by atoms with van der Waals surface area (Å²) in [5.41, 5.74) is 0. The van der Waals surface area contributed by atoms with Gasteiger partial charge in [0.15, 0.2) is 5.75 Å². The number of aromatic nitrogens is 2. The lowest BCUT2D eigenvalue weighted by Gasteiger charge is -2.09. The van der Waals surface area contributed by atoms with Crippen LogP contribution in [0.4, 0.5) is 0 Å². The van der Waals surface area contributed by atoms with E-state index in [2.05, 4.69) is 15.3 Å². The third-order valence-electron chi connectivity index (χ3n) is 2.18. The first kappa shape index (κ1) is 8.44. The molecule has 0 radical (unpaired) electrons. The number of rotatable bonds is 3. The van der Waals surface area contributed by atoms with Crippen molar-refractivity contribution >= 4 is 0 Å². The Kier molecular flexibility index (Phi) is 2.72. The zero-order valence-corrected chi connectivity index (χ0v) is 7.44. The second-order valence-electron chi connectivity index (χ2n) is 3.24. The molecule has 0 saturated carbocycles. The molecule has 0 aliphatic carbocycles. The minimum absolute atomic E-state index is 0.639. The standard InChI is InChI=1S/C9H13N3O/c1-2-10-3-8(1)6-13-9-4-11-7-12-5-9/h4-5,7-8,10H,1-3,6H2/t8-/m0/s1. The summed E-state index contributed by atoms with van der Waals surface area (Å²) in [6, 6.07) is 0. The maximum absolute atomic E-state index is 5.52. The topological polar surface area (TPSA) is 47.0 Å². The predicted molar refractivity (Wildman–Crippen MR) is 48.5 cm³/mol. The Hall–Kier alpha value is -1.16. The molecule has 1 atom stereocenters. The van der Waals surface area contributed by atoms with Gasteiger partial charge in [0.25, 0.3) is 0 Å². The molecule has 1 aromatic rings. The second kappa shape index (κ2) is 4.18. The van der Waals surface area contributed by atoms with E-state index in [1.165, 1.54) is 12.7 Å². The maximum Gasteiger partial charge on any atom is 0.155 e. The number of hydrogen-bond acceptors (Lipinski definition) is 4. The molecule has 0 amide bonds. The Bertz CT molecular complexity index is 246. The molecule has 0 spiro atoms. The van der Waals surface area contributed by atoms with Gasteiger partial charge in [-0.2, -0.15) is 0 Å². The van der Waals surface area contributed by atoms with E-state index >= 15 is 0 Å². The van der Waals surface area contributed by atoms with Gasteiger partial charge in [-0.1, -0.05) is 0 Å². The Morgan fingerprint density at radius 3 is 3.00 bits per heavy atom. The van der Waals surface area contributed by atoms with Crippen molar-refractivity contribution in [2.45, 2.75) is 6.42 Å². The summed E-state index contributed by atoms with van der Waals surface area (Å²) in [7, 11) is 0. The first-order chi connectivity index (χ1) is 6.45. The maximum atomic E-state index is 5.52. The fraction of sp³-hybridized carbons (Fsp3) is 0.556. The highest BCUT2D eigenvalue weighted by molar-refractivity contribution is 5.09. The van der Waals surface area contributed by atoms with Crippen molar-refractivity contribution in [3.05, 3.63) is 18.7 Å². The van der Waals surface area contributed by atoms with E-state index < -0.39 is 0 Å². The van der Waals surface area contributed by atoms with Crippen LogP contribution in [0.5, 0.6) is 5.75 Å². The average Bonchev–Trinajstić information content (AvgIpc) is 2.69. The van der Waals surface area contributed by atoms with E-state index in [1.807, 2.05) is 0 Å². The van der Waals surface area contributed by atoms with Crippen LogP contribution in [0.3, 0.4) is 0 Å². The molecular weight excluding hydrogens is 166 g/mol. The molecule has 70 valence electrons. The molecule has 13 heavy (non-hydrogen) atoms. The highest BCUT2D eigenvalue weighted by atomic mass is 16.5. The van der Waals surface area contributed by atoms with Crippen LogP contribution in [0.2, 0.25) is 0 Å². The molecule has 4 nitrogen and oxygen atoms in total. The summed E-state index contributed by atoms with van der Waals surface area (Å²) in [4.78, 5) is 7.76. The first-order valence-electron chi connectivity index (χ1n) is 4.53. The Morgan fingerprint density at radius 1 is 1.46 bits per heavy atom. The lowest BCUT2D eigenvalue weighted by Crippen LogP contribution is -2.15. The van der Waals surface area contributed by atoms with Crippen LogP contribution in [-0.4, -0.2) is 29.7 Å². The zero-order valence-electron chi connectivity index (χ0n) is 7.44. The van der Waals surface area contributed by atoms with Gasteiger partial charge in [0.05, 0.1) is 19.0 Å². The number of ether oxygens (including phenoxy) is 1. The van der Waals surface area contributed by atoms with Crippen molar-refractivity contribution in [3.63, 3.8) is 0 Å². The quantitative estimate of drug-likeness (QED) is 0.732. The van der Waals surface area contributed by atoms with E-state index in [-0.39, 0.29) is 0 Å². The van der Waals surface area contributed by atoms with E-state index in [0.29, 0.717) is 5.92 Å². The molecule has 0 unspecified atom stereocenters. The molecule has 1 aromatic heterocycles. The minimum atomic E-state index is 0.639. The van der Waals surface area contributed by atoms with Gasteiger partial charge in [-0.25, -0.2) is 9.97 Å². The van der Waals surface area contributed by atoms with Gasteiger partial charge in [0, 0.05) is 12.5 Å². The van der Waals surface area contributed by atoms with Crippen molar-refractivity contribution in [1.29, 1.82) is 0 Å². The van der Waals surface area contributed by atoms with Gasteiger partial charge < -0.3 is 10.1 Å². The number of nitrogens with one attached hydrogen (secondary N) is 1. The Morgan fingerprint density at radius 2 is 2.31 bits per heavy atom. The number of nitrogens with zero attached hydrogens (tertiary/aromatic N) is 2. The summed E-state index contributed by atoms with van der Waals surface area (Å²) in [6.07, 6.45) is 6.09. The van der Waals surface area contributed by atoms with Crippen LogP contribution < -0.4 is 10.1 Å². The second-order valence-corrected chi connectivity index (χ2v) is 3.24. The van der Waals surface area contributed by atoms with Crippen molar-refractivity contribution in [2.24, 2.45) is 5.92 Å². The largest absolute Gasteiger partial charge is 0.490 e. The van der Waals surface area contributed by atoms with Gasteiger partial charge in [0.1, 0.15) is 6.33 Å². The van der Waals surface area contributed by atoms with Gasteiger partial charge in [-0.05, 0) is 13.0 Å². The molecule has 0 bridgehead atoms. The van der Waals surface area contributed by atoms with Crippen LogP contribution in [-0.2, 0) is 0 Å². The normalized spacial score (nSPS) is 21.7. The van der Waals surface area contributed by atoms with E-state index in [1.54, 1.807) is 12.4 Å². The molecule has 1 aliphatic heterocycles. The fourth-order valence-corrected chi connectivity index (χ4v) is 1.43.